The van der Waals surface area contributed by atoms with Gasteiger partial charge in [-0.25, -0.2) is 4.98 Å². The van der Waals surface area contributed by atoms with Crippen LogP contribution in [0.4, 0.5) is 5.69 Å². The third-order valence-electron chi connectivity index (χ3n) is 1.25. The molecule has 0 aliphatic heterocycles. The first-order valence-electron chi connectivity index (χ1n) is 3.09. The Labute approximate surface area is 70.1 Å². The Kier molecular flexibility index (Phi) is 2.44. The van der Waals surface area contributed by atoms with Crippen molar-refractivity contribution < 1.29 is 0 Å². The SMILES string of the molecule is C=NNc1ccc(Cl)nc1C. The Hall–Kier alpha value is -1.09. The largest absolute Gasteiger partial charge is 0.277 e. The van der Waals surface area contributed by atoms with Crippen molar-refractivity contribution >= 4 is 24.0 Å². The number of aromatic nitrogens is 1. The van der Waals surface area contributed by atoms with Gasteiger partial charge in [-0.15, -0.1) is 0 Å². The van der Waals surface area contributed by atoms with Crippen LogP contribution in [-0.4, -0.2) is 11.7 Å². The molecule has 3 nitrogen and oxygen atoms in total. The molecule has 0 saturated heterocycles. The molecule has 1 rings (SSSR count). The maximum absolute atomic E-state index is 5.63. The quantitative estimate of drug-likeness (QED) is 0.418. The van der Waals surface area contributed by atoms with E-state index in [0.29, 0.717) is 5.15 Å². The maximum atomic E-state index is 5.63. The van der Waals surface area contributed by atoms with Gasteiger partial charge in [-0.3, -0.25) is 5.43 Å². The summed E-state index contributed by atoms with van der Waals surface area (Å²) >= 11 is 5.63. The minimum atomic E-state index is 0.483. The zero-order chi connectivity index (χ0) is 8.27. The summed E-state index contributed by atoms with van der Waals surface area (Å²) < 4.78 is 0. The minimum absolute atomic E-state index is 0.483. The van der Waals surface area contributed by atoms with Crippen molar-refractivity contribution in [3.63, 3.8) is 0 Å². The van der Waals surface area contributed by atoms with E-state index in [4.69, 9.17) is 11.6 Å². The fourth-order valence-corrected chi connectivity index (χ4v) is 0.924. The van der Waals surface area contributed by atoms with Gasteiger partial charge in [-0.2, -0.15) is 5.10 Å². The van der Waals surface area contributed by atoms with Gasteiger partial charge in [0.05, 0.1) is 11.4 Å². The van der Waals surface area contributed by atoms with Crippen molar-refractivity contribution in [2.24, 2.45) is 5.10 Å². The second-order valence-electron chi connectivity index (χ2n) is 2.04. The Bertz CT molecular complexity index is 272. The lowest BCUT2D eigenvalue weighted by Crippen LogP contribution is -1.92. The van der Waals surface area contributed by atoms with Crippen molar-refractivity contribution in [3.8, 4) is 0 Å². The number of hydrogen-bond donors (Lipinski definition) is 1. The molecule has 0 aromatic carbocycles. The van der Waals surface area contributed by atoms with Crippen LogP contribution in [-0.2, 0) is 0 Å². The molecule has 0 unspecified atom stereocenters. The molecule has 58 valence electrons. The number of nitrogens with one attached hydrogen (secondary N) is 1. The van der Waals surface area contributed by atoms with Crippen LogP contribution >= 0.6 is 11.6 Å². The van der Waals surface area contributed by atoms with Gasteiger partial charge in [0.15, 0.2) is 0 Å². The number of rotatable bonds is 2. The van der Waals surface area contributed by atoms with Gasteiger partial charge >= 0.3 is 0 Å². The summed E-state index contributed by atoms with van der Waals surface area (Å²) in [5.41, 5.74) is 4.33. The van der Waals surface area contributed by atoms with Crippen molar-refractivity contribution in [1.29, 1.82) is 0 Å². The number of hydrazone groups is 1. The summed E-state index contributed by atoms with van der Waals surface area (Å²) in [6.07, 6.45) is 0. The molecule has 0 bridgehead atoms. The fraction of sp³-hybridized carbons (Fsp3) is 0.143. The number of halogens is 1. The first kappa shape index (κ1) is 8.01. The molecule has 1 aromatic heterocycles. The molecular formula is C7H8ClN3. The summed E-state index contributed by atoms with van der Waals surface area (Å²) in [5, 5.41) is 4.00. The van der Waals surface area contributed by atoms with Crippen LogP contribution in [0, 0.1) is 6.92 Å². The van der Waals surface area contributed by atoms with Gasteiger partial charge in [0, 0.05) is 6.72 Å². The lowest BCUT2D eigenvalue weighted by Gasteiger charge is -2.02. The van der Waals surface area contributed by atoms with Crippen LogP contribution in [0.2, 0.25) is 5.15 Å². The normalized spacial score (nSPS) is 9.27. The zero-order valence-electron chi connectivity index (χ0n) is 6.13. The lowest BCUT2D eigenvalue weighted by atomic mass is 10.3. The van der Waals surface area contributed by atoms with E-state index in [1.165, 1.54) is 0 Å². The average Bonchev–Trinajstić information content (AvgIpc) is 1.95. The van der Waals surface area contributed by atoms with Crippen LogP contribution in [0.1, 0.15) is 5.69 Å². The van der Waals surface area contributed by atoms with Crippen LogP contribution in [0.5, 0.6) is 0 Å². The highest BCUT2D eigenvalue weighted by Gasteiger charge is 1.97. The van der Waals surface area contributed by atoms with E-state index >= 15 is 0 Å². The summed E-state index contributed by atoms with van der Waals surface area (Å²) in [6.45, 7) is 5.14. The van der Waals surface area contributed by atoms with Gasteiger partial charge < -0.3 is 0 Å². The molecule has 0 amide bonds. The smallest absolute Gasteiger partial charge is 0.129 e. The van der Waals surface area contributed by atoms with Gasteiger partial charge in [0.25, 0.3) is 0 Å². The lowest BCUT2D eigenvalue weighted by molar-refractivity contribution is 1.18. The molecule has 1 N–H and O–H groups in total. The highest BCUT2D eigenvalue weighted by atomic mass is 35.5. The topological polar surface area (TPSA) is 37.3 Å². The standard InChI is InChI=1S/C7H8ClN3/c1-5-6(11-9-2)3-4-7(8)10-5/h3-4,11H,2H2,1H3. The summed E-state index contributed by atoms with van der Waals surface area (Å²) in [7, 11) is 0. The van der Waals surface area contributed by atoms with E-state index < -0.39 is 0 Å². The molecule has 11 heavy (non-hydrogen) atoms. The van der Waals surface area contributed by atoms with E-state index in [2.05, 4.69) is 22.2 Å². The predicted octanol–water partition coefficient (Wildman–Crippen LogP) is 2.07. The molecular weight excluding hydrogens is 162 g/mol. The van der Waals surface area contributed by atoms with Crippen molar-refractivity contribution in [2.75, 3.05) is 5.43 Å². The van der Waals surface area contributed by atoms with Crippen LogP contribution in [0.15, 0.2) is 17.2 Å². The number of anilines is 1. The van der Waals surface area contributed by atoms with E-state index in [1.54, 1.807) is 12.1 Å². The molecule has 0 aliphatic carbocycles. The average molecular weight is 170 g/mol. The molecule has 0 radical (unpaired) electrons. The van der Waals surface area contributed by atoms with Gasteiger partial charge in [0.2, 0.25) is 0 Å². The summed E-state index contributed by atoms with van der Waals surface area (Å²) in [4.78, 5) is 4.01. The second kappa shape index (κ2) is 3.34. The molecule has 0 fully saturated rings. The molecule has 0 aliphatic rings. The number of hydrogen-bond acceptors (Lipinski definition) is 3. The van der Waals surface area contributed by atoms with Crippen molar-refractivity contribution in [1.82, 2.24) is 4.98 Å². The van der Waals surface area contributed by atoms with Crippen LogP contribution < -0.4 is 5.43 Å². The zero-order valence-corrected chi connectivity index (χ0v) is 6.89. The highest BCUT2D eigenvalue weighted by Crippen LogP contribution is 2.14. The third kappa shape index (κ3) is 1.91. The number of aryl methyl sites for hydroxylation is 1. The molecule has 0 spiro atoms. The monoisotopic (exact) mass is 169 g/mol. The third-order valence-corrected chi connectivity index (χ3v) is 1.46. The first-order chi connectivity index (χ1) is 5.24. The predicted molar refractivity (Wildman–Crippen MR) is 47.2 cm³/mol. The molecule has 4 heteroatoms. The van der Waals surface area contributed by atoms with E-state index in [0.717, 1.165) is 11.4 Å². The second-order valence-corrected chi connectivity index (χ2v) is 2.42. The van der Waals surface area contributed by atoms with Gasteiger partial charge in [-0.1, -0.05) is 11.6 Å². The fourth-order valence-electron chi connectivity index (χ4n) is 0.734. The molecule has 1 aromatic rings. The highest BCUT2D eigenvalue weighted by molar-refractivity contribution is 6.29. The number of nitrogens with zero attached hydrogens (tertiary/aromatic N) is 2. The maximum Gasteiger partial charge on any atom is 0.129 e. The van der Waals surface area contributed by atoms with Crippen LogP contribution in [0.3, 0.4) is 0 Å². The Morgan fingerprint density at radius 2 is 2.36 bits per heavy atom. The van der Waals surface area contributed by atoms with E-state index in [1.807, 2.05) is 6.92 Å². The van der Waals surface area contributed by atoms with Gasteiger partial charge in [-0.05, 0) is 19.1 Å². The van der Waals surface area contributed by atoms with Crippen molar-refractivity contribution in [3.05, 3.63) is 23.0 Å². The minimum Gasteiger partial charge on any atom is -0.277 e. The molecule has 0 atom stereocenters. The Balaban J connectivity index is 2.98. The van der Waals surface area contributed by atoms with E-state index in [-0.39, 0.29) is 0 Å². The Morgan fingerprint density at radius 3 is 2.91 bits per heavy atom. The molecule has 0 saturated carbocycles. The Morgan fingerprint density at radius 1 is 1.64 bits per heavy atom. The number of pyridine rings is 1. The van der Waals surface area contributed by atoms with Crippen LogP contribution in [0.25, 0.3) is 0 Å². The van der Waals surface area contributed by atoms with E-state index in [9.17, 15) is 0 Å². The summed E-state index contributed by atoms with van der Waals surface area (Å²) in [5.74, 6) is 0. The first-order valence-corrected chi connectivity index (χ1v) is 3.46. The van der Waals surface area contributed by atoms with Crippen molar-refractivity contribution in [2.45, 2.75) is 6.92 Å². The van der Waals surface area contributed by atoms with Gasteiger partial charge in [0.1, 0.15) is 5.15 Å². The molecule has 1 heterocycles. The summed E-state index contributed by atoms with van der Waals surface area (Å²) in [6, 6.07) is 3.50.